The summed E-state index contributed by atoms with van der Waals surface area (Å²) in [5.74, 6) is -0.906. The number of Topliss-reactive ketones (excluding diaryl/α,β-unsaturated/α-hetero) is 1. The van der Waals surface area contributed by atoms with Gasteiger partial charge in [-0.2, -0.15) is 4.68 Å². The number of hydrogen-bond acceptors (Lipinski definition) is 5. The lowest BCUT2D eigenvalue weighted by Crippen LogP contribution is -2.11. The molecule has 0 spiro atoms. The summed E-state index contributed by atoms with van der Waals surface area (Å²) in [7, 11) is 0. The summed E-state index contributed by atoms with van der Waals surface area (Å²) < 4.78 is 1.07. The smallest absolute Gasteiger partial charge is 0.390 e. The van der Waals surface area contributed by atoms with Gasteiger partial charge in [-0.25, -0.2) is 0 Å². The molecule has 0 saturated carbocycles. The van der Waals surface area contributed by atoms with E-state index in [0.717, 1.165) is 11.0 Å². The Hall–Kier alpha value is -1.99. The molecule has 1 heterocycles. The molecule has 0 amide bonds. The molecule has 0 radical (unpaired) electrons. The van der Waals surface area contributed by atoms with Crippen LogP contribution in [0.4, 0.5) is 5.95 Å². The van der Waals surface area contributed by atoms with Crippen molar-refractivity contribution in [3.05, 3.63) is 50.2 Å². The highest BCUT2D eigenvalue weighted by Gasteiger charge is 2.17. The number of rotatable bonds is 4. The second kappa shape index (κ2) is 5.33. The van der Waals surface area contributed by atoms with Gasteiger partial charge in [0.15, 0.2) is 5.78 Å². The first-order chi connectivity index (χ1) is 8.97. The van der Waals surface area contributed by atoms with Gasteiger partial charge < -0.3 is 10.1 Å². The van der Waals surface area contributed by atoms with Crippen molar-refractivity contribution in [3.8, 4) is 0 Å². The van der Waals surface area contributed by atoms with Crippen molar-refractivity contribution < 1.29 is 9.72 Å². The number of carbonyl (C=O) groups is 1. The summed E-state index contributed by atoms with van der Waals surface area (Å²) in [4.78, 5) is 25.1. The molecule has 0 aliphatic heterocycles. The molecule has 0 fully saturated rings. The number of aromatic nitrogens is 3. The minimum absolute atomic E-state index is 0.192. The van der Waals surface area contributed by atoms with Gasteiger partial charge >= 0.3 is 5.95 Å². The monoisotopic (exact) mass is 300 g/mol. The van der Waals surface area contributed by atoms with Crippen molar-refractivity contribution in [2.24, 2.45) is 0 Å². The van der Waals surface area contributed by atoms with E-state index in [-0.39, 0.29) is 22.9 Å². The molecule has 1 aromatic carbocycles. The van der Waals surface area contributed by atoms with Crippen LogP contribution in [0, 0.1) is 10.1 Å². The quantitative estimate of drug-likeness (QED) is 0.491. The zero-order chi connectivity index (χ0) is 14.0. The molecule has 0 N–H and O–H groups in total. The van der Waals surface area contributed by atoms with Gasteiger partial charge in [0.25, 0.3) is 0 Å². The molecule has 98 valence electrons. The van der Waals surface area contributed by atoms with Crippen LogP contribution in [0.15, 0.2) is 24.5 Å². The minimum Gasteiger partial charge on any atom is -0.390 e. The van der Waals surface area contributed by atoms with Crippen LogP contribution in [0.3, 0.4) is 0 Å². The Bertz CT molecular complexity index is 656. The summed E-state index contributed by atoms with van der Waals surface area (Å²) in [6.07, 6.45) is 1.11. The normalized spacial score (nSPS) is 10.4. The van der Waals surface area contributed by atoms with E-state index in [1.807, 2.05) is 0 Å². The van der Waals surface area contributed by atoms with Gasteiger partial charge in [-0.1, -0.05) is 28.2 Å². The largest absolute Gasteiger partial charge is 0.490 e. The highest BCUT2D eigenvalue weighted by Crippen LogP contribution is 2.21. The van der Waals surface area contributed by atoms with Crippen LogP contribution < -0.4 is 0 Å². The molecular weight excluding hydrogens is 295 g/mol. The van der Waals surface area contributed by atoms with Crippen molar-refractivity contribution in [1.29, 1.82) is 0 Å². The molecule has 1 aromatic heterocycles. The SMILES string of the molecule is O=C(Cn1cnc([N+](=O)[O-])n1)c1ccc(Cl)cc1Cl. The maximum absolute atomic E-state index is 11.9. The number of hydrogen-bond donors (Lipinski definition) is 0. The number of ketones is 1. The standard InChI is InChI=1S/C10H6Cl2N4O3/c11-6-1-2-7(8(12)3-6)9(17)4-15-5-13-10(14-15)16(18)19/h1-3,5H,4H2. The molecule has 0 saturated heterocycles. The molecule has 0 bridgehead atoms. The van der Waals surface area contributed by atoms with Gasteiger partial charge in [0.1, 0.15) is 6.54 Å². The van der Waals surface area contributed by atoms with E-state index in [4.69, 9.17) is 23.2 Å². The molecule has 2 rings (SSSR count). The van der Waals surface area contributed by atoms with Crippen molar-refractivity contribution in [3.63, 3.8) is 0 Å². The summed E-state index contributed by atoms with van der Waals surface area (Å²) in [5, 5.41) is 14.6. The first-order valence-corrected chi connectivity index (χ1v) is 5.75. The first kappa shape index (κ1) is 13.4. The van der Waals surface area contributed by atoms with Gasteiger partial charge in [0.2, 0.25) is 6.33 Å². The number of carbonyl (C=O) groups excluding carboxylic acids is 1. The Balaban J connectivity index is 2.18. The van der Waals surface area contributed by atoms with E-state index in [1.165, 1.54) is 18.2 Å². The maximum atomic E-state index is 11.9. The third-order valence-corrected chi connectivity index (χ3v) is 2.77. The predicted octanol–water partition coefficient (Wildman–Crippen LogP) is 2.38. The molecule has 9 heteroatoms. The van der Waals surface area contributed by atoms with Crippen molar-refractivity contribution in [1.82, 2.24) is 14.8 Å². The van der Waals surface area contributed by atoms with Crippen LogP contribution in [0.2, 0.25) is 10.0 Å². The van der Waals surface area contributed by atoms with Crippen molar-refractivity contribution in [2.45, 2.75) is 6.54 Å². The third-order valence-electron chi connectivity index (χ3n) is 2.22. The van der Waals surface area contributed by atoms with Crippen LogP contribution >= 0.6 is 23.2 Å². The number of halogens is 2. The van der Waals surface area contributed by atoms with Gasteiger partial charge in [-0.3, -0.25) is 4.79 Å². The Morgan fingerprint density at radius 2 is 2.16 bits per heavy atom. The average molecular weight is 301 g/mol. The van der Waals surface area contributed by atoms with Gasteiger partial charge in [0, 0.05) is 15.7 Å². The lowest BCUT2D eigenvalue weighted by Gasteiger charge is -2.02. The van der Waals surface area contributed by atoms with Crippen LogP contribution in [0.1, 0.15) is 10.4 Å². The van der Waals surface area contributed by atoms with E-state index in [9.17, 15) is 14.9 Å². The van der Waals surface area contributed by atoms with E-state index in [0.29, 0.717) is 5.02 Å². The van der Waals surface area contributed by atoms with Gasteiger partial charge in [-0.15, -0.1) is 0 Å². The van der Waals surface area contributed by atoms with Gasteiger partial charge in [-0.05, 0) is 23.1 Å². The zero-order valence-electron chi connectivity index (χ0n) is 9.29. The van der Waals surface area contributed by atoms with E-state index in [2.05, 4.69) is 10.1 Å². The zero-order valence-corrected chi connectivity index (χ0v) is 10.8. The van der Waals surface area contributed by atoms with Crippen molar-refractivity contribution >= 4 is 34.9 Å². The second-order valence-corrected chi connectivity index (χ2v) is 4.39. The Morgan fingerprint density at radius 3 is 2.74 bits per heavy atom. The Labute approximate surface area is 116 Å². The lowest BCUT2D eigenvalue weighted by atomic mass is 10.1. The molecule has 7 nitrogen and oxygen atoms in total. The number of benzene rings is 1. The lowest BCUT2D eigenvalue weighted by molar-refractivity contribution is -0.394. The topological polar surface area (TPSA) is 90.9 Å². The maximum Gasteiger partial charge on any atom is 0.490 e. The van der Waals surface area contributed by atoms with Crippen LogP contribution in [0.5, 0.6) is 0 Å². The molecule has 0 unspecified atom stereocenters. The highest BCUT2D eigenvalue weighted by atomic mass is 35.5. The fourth-order valence-electron chi connectivity index (χ4n) is 1.39. The van der Waals surface area contributed by atoms with Crippen LogP contribution in [-0.4, -0.2) is 25.5 Å². The summed E-state index contributed by atoms with van der Waals surface area (Å²) in [5.41, 5.74) is 0.268. The molecule has 0 atom stereocenters. The van der Waals surface area contributed by atoms with Gasteiger partial charge in [0.05, 0.1) is 5.02 Å². The summed E-state index contributed by atoms with van der Waals surface area (Å²) in [6.45, 7) is -0.192. The van der Waals surface area contributed by atoms with E-state index < -0.39 is 10.9 Å². The van der Waals surface area contributed by atoms with Crippen LogP contribution in [-0.2, 0) is 6.54 Å². The Morgan fingerprint density at radius 1 is 1.42 bits per heavy atom. The summed E-state index contributed by atoms with van der Waals surface area (Å²) in [6, 6.07) is 4.46. The number of nitrogens with zero attached hydrogens (tertiary/aromatic N) is 4. The van der Waals surface area contributed by atoms with E-state index >= 15 is 0 Å². The highest BCUT2D eigenvalue weighted by molar-refractivity contribution is 6.36. The summed E-state index contributed by atoms with van der Waals surface area (Å²) >= 11 is 11.6. The second-order valence-electron chi connectivity index (χ2n) is 3.55. The van der Waals surface area contributed by atoms with Crippen molar-refractivity contribution in [2.75, 3.05) is 0 Å². The first-order valence-electron chi connectivity index (χ1n) is 4.99. The minimum atomic E-state index is -0.740. The number of nitro groups is 1. The van der Waals surface area contributed by atoms with Crippen LogP contribution in [0.25, 0.3) is 0 Å². The molecule has 0 aliphatic rings. The Kier molecular flexibility index (Phi) is 3.77. The fraction of sp³-hybridized carbons (Fsp3) is 0.100. The predicted molar refractivity (Wildman–Crippen MR) is 67.5 cm³/mol. The molecular formula is C10H6Cl2N4O3. The van der Waals surface area contributed by atoms with E-state index in [1.54, 1.807) is 0 Å². The molecule has 0 aliphatic carbocycles. The molecule has 19 heavy (non-hydrogen) atoms. The molecule has 2 aromatic rings. The fourth-order valence-corrected chi connectivity index (χ4v) is 1.91. The third kappa shape index (κ3) is 3.07. The average Bonchev–Trinajstić information content (AvgIpc) is 2.77.